The summed E-state index contributed by atoms with van der Waals surface area (Å²) in [6.07, 6.45) is 10.8. The van der Waals surface area contributed by atoms with E-state index in [-0.39, 0.29) is 5.91 Å². The highest BCUT2D eigenvalue weighted by Gasteiger charge is 2.16. The lowest BCUT2D eigenvalue weighted by atomic mass is 10.1. The molecular weight excluding hydrogens is 300 g/mol. The average Bonchev–Trinajstić information content (AvgIpc) is 2.90. The molecule has 0 saturated heterocycles. The van der Waals surface area contributed by atoms with Gasteiger partial charge in [0.05, 0.1) is 12.4 Å². The van der Waals surface area contributed by atoms with Crippen LogP contribution in [0.5, 0.6) is 0 Å². The summed E-state index contributed by atoms with van der Waals surface area (Å²) in [4.78, 5) is 22.8. The fourth-order valence-electron chi connectivity index (χ4n) is 3.09. The number of hydrogen-bond donors (Lipinski definition) is 1. The number of anilines is 2. The Morgan fingerprint density at radius 3 is 2.38 bits per heavy atom. The van der Waals surface area contributed by atoms with Crippen LogP contribution in [0.3, 0.4) is 0 Å². The zero-order chi connectivity index (χ0) is 16.8. The van der Waals surface area contributed by atoms with Crippen LogP contribution in [-0.2, 0) is 0 Å². The van der Waals surface area contributed by atoms with Crippen molar-refractivity contribution in [3.05, 3.63) is 48.4 Å². The first-order valence-electron chi connectivity index (χ1n) is 8.66. The summed E-state index contributed by atoms with van der Waals surface area (Å²) in [5.41, 5.74) is 1.19. The van der Waals surface area contributed by atoms with Crippen molar-refractivity contribution in [1.29, 1.82) is 0 Å². The molecule has 1 heterocycles. The Bertz CT molecular complexity index is 649. The van der Waals surface area contributed by atoms with Crippen LogP contribution in [0.4, 0.5) is 11.5 Å². The molecule has 1 aliphatic carbocycles. The number of amides is 1. The smallest absolute Gasteiger partial charge is 0.278 e. The molecular formula is C19H24N4O. The van der Waals surface area contributed by atoms with Crippen LogP contribution in [-0.4, -0.2) is 29.0 Å². The fraction of sp³-hybridized carbons (Fsp3) is 0.421. The number of nitrogens with one attached hydrogen (secondary N) is 1. The van der Waals surface area contributed by atoms with Crippen molar-refractivity contribution in [1.82, 2.24) is 9.97 Å². The molecule has 3 rings (SSSR count). The zero-order valence-electron chi connectivity index (χ0n) is 14.1. The quantitative estimate of drug-likeness (QED) is 0.867. The highest BCUT2D eigenvalue weighted by Crippen LogP contribution is 2.20. The molecule has 0 radical (unpaired) electrons. The van der Waals surface area contributed by atoms with E-state index in [1.165, 1.54) is 38.5 Å². The summed E-state index contributed by atoms with van der Waals surface area (Å²) in [6, 6.07) is 10.0. The van der Waals surface area contributed by atoms with Gasteiger partial charge in [-0.1, -0.05) is 43.9 Å². The Hall–Kier alpha value is -2.43. The zero-order valence-corrected chi connectivity index (χ0v) is 14.1. The Morgan fingerprint density at radius 1 is 1.04 bits per heavy atom. The number of benzene rings is 1. The first kappa shape index (κ1) is 16.4. The van der Waals surface area contributed by atoms with Gasteiger partial charge in [0.25, 0.3) is 5.91 Å². The monoisotopic (exact) mass is 324 g/mol. The molecule has 0 atom stereocenters. The van der Waals surface area contributed by atoms with E-state index in [1.807, 2.05) is 30.3 Å². The van der Waals surface area contributed by atoms with E-state index in [9.17, 15) is 4.79 Å². The topological polar surface area (TPSA) is 58.1 Å². The lowest BCUT2D eigenvalue weighted by Gasteiger charge is -2.18. The molecule has 24 heavy (non-hydrogen) atoms. The number of para-hydroxylation sites is 1. The third-order valence-electron chi connectivity index (χ3n) is 4.53. The van der Waals surface area contributed by atoms with Gasteiger partial charge in [0, 0.05) is 18.8 Å². The van der Waals surface area contributed by atoms with Gasteiger partial charge in [-0.3, -0.25) is 4.79 Å². The van der Waals surface area contributed by atoms with Crippen molar-refractivity contribution in [3.8, 4) is 0 Å². The van der Waals surface area contributed by atoms with E-state index in [0.29, 0.717) is 11.7 Å². The Labute approximate surface area is 143 Å². The van der Waals surface area contributed by atoms with Crippen molar-refractivity contribution in [2.45, 2.75) is 44.6 Å². The largest absolute Gasteiger partial charge is 0.366 e. The van der Waals surface area contributed by atoms with E-state index in [2.05, 4.69) is 15.3 Å². The molecule has 126 valence electrons. The number of carbonyl (C=O) groups excluding carboxylic acids is 1. The molecule has 1 saturated carbocycles. The molecule has 1 amide bonds. The van der Waals surface area contributed by atoms with Crippen LogP contribution in [0.2, 0.25) is 0 Å². The van der Waals surface area contributed by atoms with Crippen LogP contribution in [0.1, 0.15) is 49.0 Å². The molecule has 0 bridgehead atoms. The lowest BCUT2D eigenvalue weighted by molar-refractivity contribution is 0.0988. The summed E-state index contributed by atoms with van der Waals surface area (Å²) in [6.45, 7) is 0. The first-order chi connectivity index (χ1) is 11.7. The first-order valence-corrected chi connectivity index (χ1v) is 8.66. The van der Waals surface area contributed by atoms with Crippen molar-refractivity contribution in [3.63, 3.8) is 0 Å². The summed E-state index contributed by atoms with van der Waals surface area (Å²) >= 11 is 0. The summed E-state index contributed by atoms with van der Waals surface area (Å²) in [7, 11) is 1.75. The van der Waals surface area contributed by atoms with Crippen molar-refractivity contribution in [2.24, 2.45) is 0 Å². The third kappa shape index (κ3) is 4.10. The average molecular weight is 324 g/mol. The van der Waals surface area contributed by atoms with Gasteiger partial charge >= 0.3 is 0 Å². The van der Waals surface area contributed by atoms with Gasteiger partial charge in [0.1, 0.15) is 11.5 Å². The second kappa shape index (κ2) is 7.90. The van der Waals surface area contributed by atoms with Gasteiger partial charge in [0.15, 0.2) is 0 Å². The second-order valence-electron chi connectivity index (χ2n) is 6.32. The van der Waals surface area contributed by atoms with Gasteiger partial charge in [-0.05, 0) is 25.0 Å². The SMILES string of the molecule is CN(C(=O)c1cnc(NC2CCCCCC2)cn1)c1ccccc1. The van der Waals surface area contributed by atoms with E-state index in [1.54, 1.807) is 24.3 Å². The minimum Gasteiger partial charge on any atom is -0.366 e. The molecule has 5 heteroatoms. The Kier molecular flexibility index (Phi) is 5.41. The highest BCUT2D eigenvalue weighted by molar-refractivity contribution is 6.04. The van der Waals surface area contributed by atoms with Gasteiger partial charge in [-0.2, -0.15) is 0 Å². The summed E-state index contributed by atoms with van der Waals surface area (Å²) in [5, 5.41) is 3.45. The molecule has 1 fully saturated rings. The van der Waals surface area contributed by atoms with E-state index in [0.717, 1.165) is 11.5 Å². The lowest BCUT2D eigenvalue weighted by Crippen LogP contribution is -2.27. The molecule has 5 nitrogen and oxygen atoms in total. The predicted molar refractivity (Wildman–Crippen MR) is 96.3 cm³/mol. The molecule has 1 aliphatic rings. The van der Waals surface area contributed by atoms with Crippen molar-refractivity contribution < 1.29 is 4.79 Å². The predicted octanol–water partition coefficient (Wildman–Crippen LogP) is 3.89. The van der Waals surface area contributed by atoms with Gasteiger partial charge in [0.2, 0.25) is 0 Å². The van der Waals surface area contributed by atoms with Crippen molar-refractivity contribution in [2.75, 3.05) is 17.3 Å². The molecule has 1 aromatic carbocycles. The number of carbonyl (C=O) groups is 1. The minimum absolute atomic E-state index is 0.158. The summed E-state index contributed by atoms with van der Waals surface area (Å²) in [5.74, 6) is 0.593. The molecule has 0 unspecified atom stereocenters. The van der Waals surface area contributed by atoms with Crippen LogP contribution < -0.4 is 10.2 Å². The maximum atomic E-state index is 12.5. The molecule has 1 aromatic heterocycles. The van der Waals surface area contributed by atoms with E-state index >= 15 is 0 Å². The third-order valence-corrected chi connectivity index (χ3v) is 4.53. The normalized spacial score (nSPS) is 15.5. The van der Waals surface area contributed by atoms with Crippen LogP contribution in [0.15, 0.2) is 42.7 Å². The Morgan fingerprint density at radius 2 is 1.75 bits per heavy atom. The fourth-order valence-corrected chi connectivity index (χ4v) is 3.09. The standard InChI is InChI=1S/C19H24N4O/c1-23(16-11-7-4-8-12-16)19(24)17-13-21-18(14-20-17)22-15-9-5-2-3-6-10-15/h4,7-8,11-15H,2-3,5-6,9-10H2,1H3,(H,21,22). The molecule has 0 aliphatic heterocycles. The van der Waals surface area contributed by atoms with Crippen LogP contribution >= 0.6 is 0 Å². The van der Waals surface area contributed by atoms with Gasteiger partial charge in [-0.15, -0.1) is 0 Å². The molecule has 2 aromatic rings. The Balaban J connectivity index is 1.64. The van der Waals surface area contributed by atoms with E-state index in [4.69, 9.17) is 0 Å². The van der Waals surface area contributed by atoms with Gasteiger partial charge in [-0.25, -0.2) is 9.97 Å². The van der Waals surface area contributed by atoms with Crippen LogP contribution in [0, 0.1) is 0 Å². The van der Waals surface area contributed by atoms with E-state index < -0.39 is 0 Å². The molecule has 0 spiro atoms. The maximum absolute atomic E-state index is 12.5. The highest BCUT2D eigenvalue weighted by atomic mass is 16.2. The van der Waals surface area contributed by atoms with Crippen molar-refractivity contribution >= 4 is 17.4 Å². The second-order valence-corrected chi connectivity index (χ2v) is 6.32. The number of aromatic nitrogens is 2. The molecule has 1 N–H and O–H groups in total. The number of nitrogens with zero attached hydrogens (tertiary/aromatic N) is 3. The maximum Gasteiger partial charge on any atom is 0.278 e. The number of hydrogen-bond acceptors (Lipinski definition) is 4. The number of rotatable bonds is 4. The summed E-state index contributed by atoms with van der Waals surface area (Å²) < 4.78 is 0. The van der Waals surface area contributed by atoms with Gasteiger partial charge < -0.3 is 10.2 Å². The minimum atomic E-state index is -0.158. The van der Waals surface area contributed by atoms with Crippen LogP contribution in [0.25, 0.3) is 0 Å².